The summed E-state index contributed by atoms with van der Waals surface area (Å²) in [6.07, 6.45) is -3.92. The average Bonchev–Trinajstić information content (AvgIpc) is 2.96. The van der Waals surface area contributed by atoms with Crippen LogP contribution in [-0.4, -0.2) is 44.1 Å². The van der Waals surface area contributed by atoms with Crippen LogP contribution >= 0.6 is 0 Å². The van der Waals surface area contributed by atoms with E-state index in [1.54, 1.807) is 18.2 Å². The minimum absolute atomic E-state index is 0.0324. The first-order valence-electron chi connectivity index (χ1n) is 8.36. The Hall–Kier alpha value is -2.39. The number of anilines is 1. The van der Waals surface area contributed by atoms with Gasteiger partial charge in [-0.1, -0.05) is 12.1 Å². The van der Waals surface area contributed by atoms with Crippen molar-refractivity contribution in [1.82, 2.24) is 0 Å². The van der Waals surface area contributed by atoms with Gasteiger partial charge in [-0.25, -0.2) is 13.4 Å². The standard InChI is InChI=1S/C19H19F3N2O3S/c1-12-4-5-14(10-13(12)2)17-23-18(25,19(20,21)22)11-24(17)15-6-8-16(9-7-15)28(3,26)27/h4-10,25H,11H2,1-3H3. The van der Waals surface area contributed by atoms with Crippen molar-refractivity contribution in [3.63, 3.8) is 0 Å². The zero-order valence-electron chi connectivity index (χ0n) is 15.4. The third-order valence-electron chi connectivity index (χ3n) is 4.72. The van der Waals surface area contributed by atoms with Gasteiger partial charge in [0.1, 0.15) is 5.84 Å². The number of sulfone groups is 1. The van der Waals surface area contributed by atoms with Crippen LogP contribution in [-0.2, 0) is 9.84 Å². The van der Waals surface area contributed by atoms with E-state index in [4.69, 9.17) is 0 Å². The Kier molecular flexibility index (Phi) is 4.79. The molecule has 0 spiro atoms. The average molecular weight is 412 g/mol. The maximum atomic E-state index is 13.4. The Morgan fingerprint density at radius 1 is 1.07 bits per heavy atom. The second-order valence-electron chi connectivity index (χ2n) is 6.90. The fourth-order valence-corrected chi connectivity index (χ4v) is 3.54. The molecule has 150 valence electrons. The summed E-state index contributed by atoms with van der Waals surface area (Å²) in [7, 11) is -3.44. The van der Waals surface area contributed by atoms with Crippen molar-refractivity contribution < 1.29 is 26.7 Å². The highest BCUT2D eigenvalue weighted by molar-refractivity contribution is 7.90. The number of hydrogen-bond acceptors (Lipinski definition) is 5. The molecule has 5 nitrogen and oxygen atoms in total. The third kappa shape index (κ3) is 3.64. The summed E-state index contributed by atoms with van der Waals surface area (Å²) in [4.78, 5) is 4.90. The van der Waals surface area contributed by atoms with Crippen molar-refractivity contribution in [3.05, 3.63) is 59.2 Å². The first-order chi connectivity index (χ1) is 12.8. The molecular formula is C19H19F3N2O3S. The number of aliphatic imine (C=N–C) groups is 1. The van der Waals surface area contributed by atoms with Crippen LogP contribution in [0.2, 0.25) is 0 Å². The van der Waals surface area contributed by atoms with E-state index in [9.17, 15) is 26.7 Å². The monoisotopic (exact) mass is 412 g/mol. The van der Waals surface area contributed by atoms with Crippen LogP contribution in [0.5, 0.6) is 0 Å². The Labute approximate surface area is 161 Å². The van der Waals surface area contributed by atoms with E-state index >= 15 is 0 Å². The van der Waals surface area contributed by atoms with E-state index < -0.39 is 28.3 Å². The molecule has 0 radical (unpaired) electrons. The Morgan fingerprint density at radius 3 is 2.18 bits per heavy atom. The molecule has 3 rings (SSSR count). The number of aryl methyl sites for hydroxylation is 2. The molecule has 28 heavy (non-hydrogen) atoms. The third-order valence-corrected chi connectivity index (χ3v) is 5.85. The molecule has 0 amide bonds. The summed E-state index contributed by atoms with van der Waals surface area (Å²) in [6, 6.07) is 10.5. The molecule has 0 aromatic heterocycles. The maximum Gasteiger partial charge on any atom is 0.440 e. The number of aliphatic hydroxyl groups is 1. The van der Waals surface area contributed by atoms with Crippen LogP contribution in [0.15, 0.2) is 52.4 Å². The summed E-state index contributed by atoms with van der Waals surface area (Å²) in [6.45, 7) is 2.88. The fourth-order valence-electron chi connectivity index (χ4n) is 2.91. The normalized spacial score (nSPS) is 20.4. The smallest absolute Gasteiger partial charge is 0.361 e. The largest absolute Gasteiger partial charge is 0.440 e. The van der Waals surface area contributed by atoms with Gasteiger partial charge in [-0.15, -0.1) is 0 Å². The van der Waals surface area contributed by atoms with Gasteiger partial charge in [0.2, 0.25) is 0 Å². The van der Waals surface area contributed by atoms with Gasteiger partial charge in [0.25, 0.3) is 5.72 Å². The minimum atomic E-state index is -4.96. The lowest BCUT2D eigenvalue weighted by molar-refractivity contribution is -0.249. The lowest BCUT2D eigenvalue weighted by atomic mass is 10.1. The number of amidine groups is 1. The molecule has 0 bridgehead atoms. The van der Waals surface area contributed by atoms with Crippen LogP contribution in [0.25, 0.3) is 0 Å². The summed E-state index contributed by atoms with van der Waals surface area (Å²) in [5, 5.41) is 10.1. The lowest BCUT2D eigenvalue weighted by Gasteiger charge is -2.25. The Morgan fingerprint density at radius 2 is 1.68 bits per heavy atom. The predicted octanol–water partition coefficient (Wildman–Crippen LogP) is 3.22. The number of hydrogen-bond donors (Lipinski definition) is 1. The fraction of sp³-hybridized carbons (Fsp3) is 0.316. The quantitative estimate of drug-likeness (QED) is 0.841. The SMILES string of the molecule is Cc1ccc(C2=NC(O)(C(F)(F)F)CN2c2ccc(S(C)(=O)=O)cc2)cc1C. The molecule has 2 aromatic rings. The molecule has 9 heteroatoms. The maximum absolute atomic E-state index is 13.4. The van der Waals surface area contributed by atoms with Gasteiger partial charge in [-0.2, -0.15) is 13.2 Å². The molecule has 2 aromatic carbocycles. The lowest BCUT2D eigenvalue weighted by Crippen LogP contribution is -2.47. The topological polar surface area (TPSA) is 70.0 Å². The highest BCUT2D eigenvalue weighted by Gasteiger charge is 2.58. The highest BCUT2D eigenvalue weighted by atomic mass is 32.2. The van der Waals surface area contributed by atoms with E-state index in [0.29, 0.717) is 11.3 Å². The van der Waals surface area contributed by atoms with Gasteiger partial charge in [0.15, 0.2) is 9.84 Å². The predicted molar refractivity (Wildman–Crippen MR) is 100 cm³/mol. The zero-order valence-corrected chi connectivity index (χ0v) is 16.3. The van der Waals surface area contributed by atoms with Gasteiger partial charge in [0, 0.05) is 17.5 Å². The van der Waals surface area contributed by atoms with E-state index in [0.717, 1.165) is 17.4 Å². The van der Waals surface area contributed by atoms with Gasteiger partial charge in [0.05, 0.1) is 11.4 Å². The second kappa shape index (κ2) is 6.59. The van der Waals surface area contributed by atoms with Crippen molar-refractivity contribution in [3.8, 4) is 0 Å². The molecule has 0 fully saturated rings. The molecule has 0 saturated heterocycles. The highest BCUT2D eigenvalue weighted by Crippen LogP contribution is 2.39. The number of benzene rings is 2. The Bertz CT molecular complexity index is 1050. The first kappa shape index (κ1) is 20.3. The Balaban J connectivity index is 2.10. The zero-order chi connectivity index (χ0) is 20.9. The van der Waals surface area contributed by atoms with Gasteiger partial charge >= 0.3 is 6.18 Å². The molecule has 1 aliphatic heterocycles. The molecule has 0 saturated carbocycles. The van der Waals surface area contributed by atoms with Crippen LogP contribution < -0.4 is 4.90 Å². The number of alkyl halides is 3. The molecule has 1 atom stereocenters. The van der Waals surface area contributed by atoms with Gasteiger partial charge < -0.3 is 10.0 Å². The molecule has 1 heterocycles. The molecular weight excluding hydrogens is 393 g/mol. The second-order valence-corrected chi connectivity index (χ2v) is 8.92. The summed E-state index contributed by atoms with van der Waals surface area (Å²) in [5.41, 5.74) is -0.691. The summed E-state index contributed by atoms with van der Waals surface area (Å²) >= 11 is 0. The minimum Gasteiger partial charge on any atom is -0.361 e. The molecule has 1 aliphatic rings. The van der Waals surface area contributed by atoms with E-state index in [2.05, 4.69) is 4.99 Å². The number of halogens is 3. The molecule has 1 unspecified atom stereocenters. The van der Waals surface area contributed by atoms with Gasteiger partial charge in [-0.3, -0.25) is 0 Å². The van der Waals surface area contributed by atoms with Gasteiger partial charge in [-0.05, 0) is 55.3 Å². The van der Waals surface area contributed by atoms with Crippen LogP contribution in [0, 0.1) is 13.8 Å². The molecule has 0 aliphatic carbocycles. The number of rotatable bonds is 3. The number of nitrogens with zero attached hydrogens (tertiary/aromatic N) is 2. The van der Waals surface area contributed by atoms with Crippen LogP contribution in [0.4, 0.5) is 18.9 Å². The van der Waals surface area contributed by atoms with Crippen molar-refractivity contribution in [2.24, 2.45) is 4.99 Å². The van der Waals surface area contributed by atoms with Crippen LogP contribution in [0.1, 0.15) is 16.7 Å². The molecule has 1 N–H and O–H groups in total. The van der Waals surface area contributed by atoms with Crippen molar-refractivity contribution in [1.29, 1.82) is 0 Å². The van der Waals surface area contributed by atoms with Crippen molar-refractivity contribution in [2.45, 2.75) is 30.6 Å². The number of β-amino-alcohol motifs (C(OH)–C–C–N with tert-alkyl or cyclic N) is 1. The van der Waals surface area contributed by atoms with Crippen molar-refractivity contribution >= 4 is 21.4 Å². The van der Waals surface area contributed by atoms with Crippen molar-refractivity contribution in [2.75, 3.05) is 17.7 Å². The van der Waals surface area contributed by atoms with E-state index in [-0.39, 0.29) is 10.7 Å². The van der Waals surface area contributed by atoms with E-state index in [1.165, 1.54) is 29.2 Å². The summed E-state index contributed by atoms with van der Waals surface area (Å²) < 4.78 is 63.5. The first-order valence-corrected chi connectivity index (χ1v) is 10.3. The summed E-state index contributed by atoms with van der Waals surface area (Å²) in [5.74, 6) is -0.0324. The van der Waals surface area contributed by atoms with Crippen LogP contribution in [0.3, 0.4) is 0 Å². The van der Waals surface area contributed by atoms with E-state index in [1.807, 2.05) is 13.8 Å².